The quantitative estimate of drug-likeness (QED) is 0.726. The van der Waals surface area contributed by atoms with Gasteiger partial charge < -0.3 is 10.5 Å². The van der Waals surface area contributed by atoms with Crippen molar-refractivity contribution in [1.29, 1.82) is 0 Å². The van der Waals surface area contributed by atoms with Gasteiger partial charge in [-0.15, -0.1) is 0 Å². The Hall–Kier alpha value is -1.87. The number of fused-ring (bicyclic) bond motifs is 2. The Kier molecular flexibility index (Phi) is 2.11. The number of hydrogen-bond donors (Lipinski definition) is 1. The first kappa shape index (κ1) is 9.36. The van der Waals surface area contributed by atoms with Gasteiger partial charge in [0.25, 0.3) is 0 Å². The van der Waals surface area contributed by atoms with Crippen molar-refractivity contribution < 1.29 is 4.74 Å². The van der Waals surface area contributed by atoms with E-state index >= 15 is 0 Å². The number of ether oxygens (including phenoxy) is 1. The van der Waals surface area contributed by atoms with Crippen LogP contribution in [0, 0.1) is 0 Å². The fraction of sp³-hybridized carbons (Fsp3) is 0.154. The average Bonchev–Trinajstić information content (AvgIpc) is 2.49. The standard InChI is InChI=1S/C13H12N2O/c14-13-9-5-3-7-15-11(9)8-16-12-6-2-1-4-10(12)13/h1-7,13H,8,14H2/t13-/m0/s1. The van der Waals surface area contributed by atoms with Gasteiger partial charge in [0.15, 0.2) is 0 Å². The molecule has 2 aromatic rings. The zero-order valence-corrected chi connectivity index (χ0v) is 8.76. The molecule has 80 valence electrons. The zero-order valence-electron chi connectivity index (χ0n) is 8.76. The fourth-order valence-corrected chi connectivity index (χ4v) is 2.04. The van der Waals surface area contributed by atoms with E-state index in [1.807, 2.05) is 36.4 Å². The third kappa shape index (κ3) is 1.37. The van der Waals surface area contributed by atoms with Crippen LogP contribution in [-0.4, -0.2) is 4.98 Å². The summed E-state index contributed by atoms with van der Waals surface area (Å²) in [6, 6.07) is 11.6. The second-order valence-corrected chi connectivity index (χ2v) is 3.84. The first-order chi connectivity index (χ1) is 7.86. The molecule has 0 amide bonds. The maximum absolute atomic E-state index is 6.24. The monoisotopic (exact) mass is 212 g/mol. The highest BCUT2D eigenvalue weighted by Crippen LogP contribution is 2.32. The molecular formula is C13H12N2O. The predicted octanol–water partition coefficient (Wildman–Crippen LogP) is 2.02. The smallest absolute Gasteiger partial charge is 0.131 e. The molecule has 2 heterocycles. The van der Waals surface area contributed by atoms with Crippen LogP contribution in [0.5, 0.6) is 5.75 Å². The molecule has 0 spiro atoms. The van der Waals surface area contributed by atoms with Crippen molar-refractivity contribution in [1.82, 2.24) is 4.98 Å². The summed E-state index contributed by atoms with van der Waals surface area (Å²) < 4.78 is 5.70. The van der Waals surface area contributed by atoms with Crippen LogP contribution in [0.3, 0.4) is 0 Å². The summed E-state index contributed by atoms with van der Waals surface area (Å²) in [5.41, 5.74) is 9.23. The first-order valence-electron chi connectivity index (χ1n) is 5.27. The van der Waals surface area contributed by atoms with E-state index < -0.39 is 0 Å². The number of nitrogens with zero attached hydrogens (tertiary/aromatic N) is 1. The van der Waals surface area contributed by atoms with Crippen molar-refractivity contribution in [2.24, 2.45) is 5.73 Å². The van der Waals surface area contributed by atoms with Gasteiger partial charge in [-0.25, -0.2) is 0 Å². The minimum atomic E-state index is -0.151. The average molecular weight is 212 g/mol. The van der Waals surface area contributed by atoms with E-state index in [2.05, 4.69) is 4.98 Å². The van der Waals surface area contributed by atoms with Crippen LogP contribution in [0.1, 0.15) is 22.9 Å². The third-order valence-electron chi connectivity index (χ3n) is 2.88. The molecule has 3 nitrogen and oxygen atoms in total. The number of rotatable bonds is 0. The molecule has 1 aliphatic rings. The van der Waals surface area contributed by atoms with Gasteiger partial charge in [0.1, 0.15) is 12.4 Å². The third-order valence-corrected chi connectivity index (χ3v) is 2.88. The lowest BCUT2D eigenvalue weighted by Gasteiger charge is -2.12. The second-order valence-electron chi connectivity index (χ2n) is 3.84. The van der Waals surface area contributed by atoms with E-state index in [0.717, 1.165) is 22.6 Å². The Balaban J connectivity index is 2.18. The van der Waals surface area contributed by atoms with E-state index in [-0.39, 0.29) is 6.04 Å². The van der Waals surface area contributed by atoms with Crippen molar-refractivity contribution in [3.05, 3.63) is 59.4 Å². The summed E-state index contributed by atoms with van der Waals surface area (Å²) in [7, 11) is 0. The lowest BCUT2D eigenvalue weighted by atomic mass is 9.99. The van der Waals surface area contributed by atoms with Crippen molar-refractivity contribution in [3.63, 3.8) is 0 Å². The van der Waals surface area contributed by atoms with Crippen LogP contribution in [0.2, 0.25) is 0 Å². The number of aromatic nitrogens is 1. The van der Waals surface area contributed by atoms with Gasteiger partial charge in [-0.2, -0.15) is 0 Å². The molecule has 0 saturated carbocycles. The molecule has 3 heteroatoms. The SMILES string of the molecule is N[C@@H]1c2ccccc2OCc2ncccc21. The van der Waals surface area contributed by atoms with Crippen LogP contribution >= 0.6 is 0 Å². The van der Waals surface area contributed by atoms with Gasteiger partial charge >= 0.3 is 0 Å². The van der Waals surface area contributed by atoms with Crippen LogP contribution in [0.15, 0.2) is 42.6 Å². The molecule has 2 N–H and O–H groups in total. The summed E-state index contributed by atoms with van der Waals surface area (Å²) in [5, 5.41) is 0. The topological polar surface area (TPSA) is 48.1 Å². The number of nitrogens with two attached hydrogens (primary N) is 1. The molecule has 0 aliphatic carbocycles. The maximum Gasteiger partial charge on any atom is 0.131 e. The van der Waals surface area contributed by atoms with Gasteiger partial charge in [0.2, 0.25) is 0 Å². The Labute approximate surface area is 93.9 Å². The number of pyridine rings is 1. The number of benzene rings is 1. The van der Waals surface area contributed by atoms with Crippen molar-refractivity contribution >= 4 is 0 Å². The highest BCUT2D eigenvalue weighted by Gasteiger charge is 2.21. The van der Waals surface area contributed by atoms with E-state index in [4.69, 9.17) is 10.5 Å². The number of hydrogen-bond acceptors (Lipinski definition) is 3. The van der Waals surface area contributed by atoms with E-state index in [9.17, 15) is 0 Å². The van der Waals surface area contributed by atoms with Crippen LogP contribution in [-0.2, 0) is 6.61 Å². The summed E-state index contributed by atoms with van der Waals surface area (Å²) in [6.07, 6.45) is 1.77. The van der Waals surface area contributed by atoms with Gasteiger partial charge in [-0.1, -0.05) is 24.3 Å². The van der Waals surface area contributed by atoms with Crippen LogP contribution in [0.25, 0.3) is 0 Å². The minimum Gasteiger partial charge on any atom is -0.487 e. The van der Waals surface area contributed by atoms with Gasteiger partial charge in [-0.3, -0.25) is 4.98 Å². The molecule has 1 aromatic carbocycles. The molecule has 0 fully saturated rings. The van der Waals surface area contributed by atoms with E-state index in [0.29, 0.717) is 6.61 Å². The van der Waals surface area contributed by atoms with Crippen molar-refractivity contribution in [2.45, 2.75) is 12.6 Å². The molecule has 0 saturated heterocycles. The molecule has 1 aliphatic heterocycles. The minimum absolute atomic E-state index is 0.151. The summed E-state index contributed by atoms with van der Waals surface area (Å²) >= 11 is 0. The summed E-state index contributed by atoms with van der Waals surface area (Å²) in [6.45, 7) is 0.487. The van der Waals surface area contributed by atoms with Gasteiger partial charge in [-0.05, 0) is 17.7 Å². The Bertz CT molecular complexity index is 477. The van der Waals surface area contributed by atoms with E-state index in [1.54, 1.807) is 6.20 Å². The highest BCUT2D eigenvalue weighted by molar-refractivity contribution is 5.44. The van der Waals surface area contributed by atoms with Crippen molar-refractivity contribution in [3.8, 4) is 5.75 Å². The van der Waals surface area contributed by atoms with Gasteiger partial charge in [0.05, 0.1) is 11.7 Å². The molecule has 1 aromatic heterocycles. The summed E-state index contributed by atoms with van der Waals surface area (Å²) in [5.74, 6) is 0.855. The Morgan fingerprint density at radius 1 is 1.12 bits per heavy atom. The van der Waals surface area contributed by atoms with Crippen LogP contribution < -0.4 is 10.5 Å². The lowest BCUT2D eigenvalue weighted by molar-refractivity contribution is 0.302. The molecular weight excluding hydrogens is 200 g/mol. The van der Waals surface area contributed by atoms with Crippen LogP contribution in [0.4, 0.5) is 0 Å². The Morgan fingerprint density at radius 2 is 1.94 bits per heavy atom. The normalized spacial score (nSPS) is 17.9. The molecule has 0 unspecified atom stereocenters. The summed E-state index contributed by atoms with van der Waals surface area (Å²) in [4.78, 5) is 4.31. The molecule has 0 bridgehead atoms. The molecule has 1 atom stereocenters. The largest absolute Gasteiger partial charge is 0.487 e. The first-order valence-corrected chi connectivity index (χ1v) is 5.27. The molecule has 3 rings (SSSR count). The van der Waals surface area contributed by atoms with E-state index in [1.165, 1.54) is 0 Å². The second kappa shape index (κ2) is 3.61. The molecule has 16 heavy (non-hydrogen) atoms. The predicted molar refractivity (Wildman–Crippen MR) is 61.0 cm³/mol. The molecule has 0 radical (unpaired) electrons. The van der Waals surface area contributed by atoms with Crippen molar-refractivity contribution in [2.75, 3.05) is 0 Å². The zero-order chi connectivity index (χ0) is 11.0. The maximum atomic E-state index is 6.24. The number of para-hydroxylation sites is 1. The fourth-order valence-electron chi connectivity index (χ4n) is 2.04. The Morgan fingerprint density at radius 3 is 2.88 bits per heavy atom. The lowest BCUT2D eigenvalue weighted by Crippen LogP contribution is -2.13. The highest BCUT2D eigenvalue weighted by atomic mass is 16.5. The van der Waals surface area contributed by atoms with Gasteiger partial charge in [0, 0.05) is 11.8 Å².